The monoisotopic (exact) mass is 1070 g/mol. The molecule has 0 saturated heterocycles. The highest BCUT2D eigenvalue weighted by Crippen LogP contribution is 2.49. The Balaban J connectivity index is 0.849. The van der Waals surface area contributed by atoms with Gasteiger partial charge in [0.1, 0.15) is 0 Å². The van der Waals surface area contributed by atoms with Crippen molar-refractivity contribution in [2.24, 2.45) is 0 Å². The van der Waals surface area contributed by atoms with E-state index in [0.717, 1.165) is 33.8 Å². The zero-order valence-corrected chi connectivity index (χ0v) is 46.1. The number of rotatable bonds is 10. The summed E-state index contributed by atoms with van der Waals surface area (Å²) in [6, 6.07) is 120. The topological polar surface area (TPSA) is 8.17 Å². The van der Waals surface area contributed by atoms with Gasteiger partial charge in [0.05, 0.1) is 16.7 Å². The molecule has 0 unspecified atom stereocenters. The molecule has 0 radical (unpaired) electrons. The van der Waals surface area contributed by atoms with Crippen molar-refractivity contribution in [3.63, 3.8) is 0 Å². The molecular formula is C82H54N2. The van der Waals surface area contributed by atoms with Crippen LogP contribution in [0.3, 0.4) is 0 Å². The van der Waals surface area contributed by atoms with Gasteiger partial charge in [-0.05, 0) is 177 Å². The maximum Gasteiger partial charge on any atom is 0.0541 e. The van der Waals surface area contributed by atoms with Gasteiger partial charge in [0.15, 0.2) is 0 Å². The van der Waals surface area contributed by atoms with Crippen molar-refractivity contribution >= 4 is 82.0 Å². The van der Waals surface area contributed by atoms with Gasteiger partial charge in [-0.3, -0.25) is 0 Å². The summed E-state index contributed by atoms with van der Waals surface area (Å²) < 4.78 is 2.45. The van der Waals surface area contributed by atoms with Gasteiger partial charge >= 0.3 is 0 Å². The highest BCUT2D eigenvalue weighted by molar-refractivity contribution is 6.24. The Kier molecular flexibility index (Phi) is 11.9. The average Bonchev–Trinajstić information content (AvgIpc) is 3.49. The second-order valence-corrected chi connectivity index (χ2v) is 21.9. The molecule has 16 rings (SSSR count). The summed E-state index contributed by atoms with van der Waals surface area (Å²) in [7, 11) is 0. The number of benzene rings is 15. The van der Waals surface area contributed by atoms with E-state index in [1.165, 1.54) is 121 Å². The molecule has 0 spiro atoms. The molecule has 0 saturated carbocycles. The molecule has 2 nitrogen and oxygen atoms in total. The Hall–Kier alpha value is -11.1. The largest absolute Gasteiger partial charge is 0.310 e. The second kappa shape index (κ2) is 20.5. The molecule has 0 amide bonds. The molecule has 0 aliphatic heterocycles. The van der Waals surface area contributed by atoms with Crippen molar-refractivity contribution < 1.29 is 0 Å². The first-order valence-corrected chi connectivity index (χ1v) is 29.0. The number of aromatic nitrogens is 1. The van der Waals surface area contributed by atoms with E-state index in [4.69, 9.17) is 0 Å². The minimum Gasteiger partial charge on any atom is -0.310 e. The number of para-hydroxylation sites is 1. The molecule has 0 atom stereocenters. The lowest BCUT2D eigenvalue weighted by Crippen LogP contribution is -2.10. The molecule has 1 aromatic heterocycles. The highest BCUT2D eigenvalue weighted by atomic mass is 15.1. The Labute approximate surface area is 488 Å². The van der Waals surface area contributed by atoms with Gasteiger partial charge < -0.3 is 9.47 Å². The third-order valence-corrected chi connectivity index (χ3v) is 17.2. The van der Waals surface area contributed by atoms with Crippen LogP contribution < -0.4 is 4.90 Å². The summed E-state index contributed by atoms with van der Waals surface area (Å²) in [5.41, 5.74) is 21.2. The molecule has 84 heavy (non-hydrogen) atoms. The standard InChI is InChI=1S/C82H54N2/c1-4-23-56(24-5-1)65-30-12-14-32-67(65)59-42-49-79-76(53-59)77-54-60(68-33-15-13-31-66(68)57-25-6-2-7-26-57)43-50-80(77)84(79)64-46-44-63(45-47-64)83(62-28-8-3-9-29-62)78-51-48-75(69-34-16-17-35-70(69)78)82-73-38-20-18-36-71(73)81(72-37-19-21-39-74(72)82)61-41-40-55-22-10-11-27-58(55)52-61/h1-54H. The molecule has 16 aromatic rings. The summed E-state index contributed by atoms with van der Waals surface area (Å²) in [6.45, 7) is 0. The summed E-state index contributed by atoms with van der Waals surface area (Å²) >= 11 is 0. The summed E-state index contributed by atoms with van der Waals surface area (Å²) in [5.74, 6) is 0. The quantitative estimate of drug-likeness (QED) is 0.124. The van der Waals surface area contributed by atoms with Crippen LogP contribution in [0.2, 0.25) is 0 Å². The molecule has 0 fully saturated rings. The second-order valence-electron chi connectivity index (χ2n) is 21.9. The van der Waals surface area contributed by atoms with Crippen LogP contribution in [0.25, 0.3) is 137 Å². The Bertz CT molecular complexity index is 4980. The maximum atomic E-state index is 2.45. The molecule has 1 heterocycles. The molecule has 15 aromatic carbocycles. The van der Waals surface area contributed by atoms with Crippen molar-refractivity contribution in [1.82, 2.24) is 4.57 Å². The smallest absolute Gasteiger partial charge is 0.0541 e. The van der Waals surface area contributed by atoms with E-state index in [0.29, 0.717) is 0 Å². The van der Waals surface area contributed by atoms with Gasteiger partial charge in [-0.15, -0.1) is 0 Å². The van der Waals surface area contributed by atoms with Crippen molar-refractivity contribution in [3.8, 4) is 72.4 Å². The van der Waals surface area contributed by atoms with E-state index < -0.39 is 0 Å². The average molecular weight is 1070 g/mol. The Morgan fingerprint density at radius 3 is 1.18 bits per heavy atom. The van der Waals surface area contributed by atoms with Crippen molar-refractivity contribution in [2.45, 2.75) is 0 Å². The fraction of sp³-hybridized carbons (Fsp3) is 0. The van der Waals surface area contributed by atoms with Crippen LogP contribution in [-0.2, 0) is 0 Å². The number of anilines is 3. The van der Waals surface area contributed by atoms with Crippen LogP contribution in [0.1, 0.15) is 0 Å². The van der Waals surface area contributed by atoms with Crippen LogP contribution in [0, 0.1) is 0 Å². The third-order valence-electron chi connectivity index (χ3n) is 17.2. The molecular weight excluding hydrogens is 1010 g/mol. The van der Waals surface area contributed by atoms with Gasteiger partial charge in [-0.1, -0.05) is 255 Å². The fourth-order valence-electron chi connectivity index (χ4n) is 13.4. The van der Waals surface area contributed by atoms with Crippen LogP contribution in [0.5, 0.6) is 0 Å². The van der Waals surface area contributed by atoms with Crippen molar-refractivity contribution in [3.05, 3.63) is 328 Å². The van der Waals surface area contributed by atoms with Crippen LogP contribution >= 0.6 is 0 Å². The van der Waals surface area contributed by atoms with E-state index >= 15 is 0 Å². The lowest BCUT2D eigenvalue weighted by molar-refractivity contribution is 1.17. The predicted octanol–water partition coefficient (Wildman–Crippen LogP) is 22.9. The SMILES string of the molecule is c1ccc(-c2ccccc2-c2ccc3c(c2)c2cc(-c4ccccc4-c4ccccc4)ccc2n3-c2ccc(N(c3ccccc3)c3ccc(-c4c5ccccc5c(-c5ccc6ccccc6c5)c5ccccc45)c4ccccc34)cc2)cc1. The number of hydrogen-bond acceptors (Lipinski definition) is 1. The zero-order valence-electron chi connectivity index (χ0n) is 46.1. The maximum absolute atomic E-state index is 2.45. The first-order chi connectivity index (χ1) is 41.7. The van der Waals surface area contributed by atoms with Gasteiger partial charge in [-0.2, -0.15) is 0 Å². The first-order valence-electron chi connectivity index (χ1n) is 29.0. The first kappa shape index (κ1) is 48.8. The minimum absolute atomic E-state index is 1.07. The van der Waals surface area contributed by atoms with Crippen LogP contribution in [0.15, 0.2) is 328 Å². The normalized spacial score (nSPS) is 11.6. The van der Waals surface area contributed by atoms with E-state index in [2.05, 4.69) is 337 Å². The van der Waals surface area contributed by atoms with E-state index in [1.807, 2.05) is 0 Å². The minimum atomic E-state index is 1.07. The highest BCUT2D eigenvalue weighted by Gasteiger charge is 2.23. The number of hydrogen-bond donors (Lipinski definition) is 0. The van der Waals surface area contributed by atoms with Crippen LogP contribution in [-0.4, -0.2) is 4.57 Å². The van der Waals surface area contributed by atoms with Gasteiger partial charge in [0, 0.05) is 33.2 Å². The fourth-order valence-corrected chi connectivity index (χ4v) is 13.4. The third kappa shape index (κ3) is 8.26. The summed E-state index contributed by atoms with van der Waals surface area (Å²) in [5, 5.41) is 12.2. The Morgan fingerprint density at radius 2 is 0.631 bits per heavy atom. The van der Waals surface area contributed by atoms with Gasteiger partial charge in [-0.25, -0.2) is 0 Å². The lowest BCUT2D eigenvalue weighted by Gasteiger charge is -2.28. The van der Waals surface area contributed by atoms with E-state index in [1.54, 1.807) is 0 Å². The molecule has 2 heteroatoms. The Morgan fingerprint density at radius 1 is 0.214 bits per heavy atom. The molecule has 0 aliphatic rings. The summed E-state index contributed by atoms with van der Waals surface area (Å²) in [6.07, 6.45) is 0. The number of fused-ring (bicyclic) bond motifs is 7. The molecule has 392 valence electrons. The predicted molar refractivity (Wildman–Crippen MR) is 358 cm³/mol. The van der Waals surface area contributed by atoms with Crippen molar-refractivity contribution in [2.75, 3.05) is 4.90 Å². The van der Waals surface area contributed by atoms with E-state index in [9.17, 15) is 0 Å². The van der Waals surface area contributed by atoms with Crippen molar-refractivity contribution in [1.29, 1.82) is 0 Å². The van der Waals surface area contributed by atoms with Gasteiger partial charge in [0.2, 0.25) is 0 Å². The van der Waals surface area contributed by atoms with Crippen LogP contribution in [0.4, 0.5) is 17.1 Å². The molecule has 0 aliphatic carbocycles. The summed E-state index contributed by atoms with van der Waals surface area (Å²) in [4.78, 5) is 2.42. The van der Waals surface area contributed by atoms with E-state index in [-0.39, 0.29) is 0 Å². The lowest BCUT2D eigenvalue weighted by atomic mass is 9.84. The molecule has 0 N–H and O–H groups in total. The molecule has 0 bridgehead atoms. The zero-order chi connectivity index (χ0) is 55.5. The number of nitrogens with zero attached hydrogens (tertiary/aromatic N) is 2. The van der Waals surface area contributed by atoms with Gasteiger partial charge in [0.25, 0.3) is 0 Å².